The molecule has 2 rings (SSSR count). The Morgan fingerprint density at radius 2 is 2.35 bits per heavy atom. The van der Waals surface area contributed by atoms with Gasteiger partial charge in [0.05, 0.1) is 5.56 Å². The van der Waals surface area contributed by atoms with Crippen LogP contribution in [-0.2, 0) is 0 Å². The van der Waals surface area contributed by atoms with Gasteiger partial charge >= 0.3 is 0 Å². The quantitative estimate of drug-likeness (QED) is 0.834. The highest BCUT2D eigenvalue weighted by Crippen LogP contribution is 2.27. The van der Waals surface area contributed by atoms with Crippen LogP contribution in [0.2, 0.25) is 0 Å². The summed E-state index contributed by atoms with van der Waals surface area (Å²) in [5.41, 5.74) is 7.68. The van der Waals surface area contributed by atoms with E-state index in [1.54, 1.807) is 0 Å². The van der Waals surface area contributed by atoms with Crippen molar-refractivity contribution in [1.29, 1.82) is 0 Å². The molecule has 17 heavy (non-hydrogen) atoms. The van der Waals surface area contributed by atoms with Crippen LogP contribution in [-0.4, -0.2) is 23.1 Å². The third-order valence-electron chi connectivity index (χ3n) is 3.44. The first-order valence-electron chi connectivity index (χ1n) is 6.14. The third-order valence-corrected chi connectivity index (χ3v) is 3.66. The molecule has 1 fully saturated rings. The van der Waals surface area contributed by atoms with Crippen molar-refractivity contribution in [3.63, 3.8) is 0 Å². The lowest BCUT2D eigenvalue weighted by Crippen LogP contribution is -2.25. The number of aryl methyl sites for hydroxylation is 1. The first-order chi connectivity index (χ1) is 8.11. The molecule has 92 valence electrons. The van der Waals surface area contributed by atoms with Crippen molar-refractivity contribution >= 4 is 23.0 Å². The van der Waals surface area contributed by atoms with E-state index in [0.717, 1.165) is 36.1 Å². The highest BCUT2D eigenvalue weighted by molar-refractivity contribution is 7.80. The molecule has 0 aliphatic carbocycles. The van der Waals surface area contributed by atoms with Gasteiger partial charge in [-0.3, -0.25) is 0 Å². The topological polar surface area (TPSA) is 42.2 Å². The molecule has 0 amide bonds. The predicted octanol–water partition coefficient (Wildman–Crippen LogP) is 2.26. The number of hydrogen-bond donors (Lipinski definition) is 1. The van der Waals surface area contributed by atoms with Gasteiger partial charge in [-0.15, -0.1) is 0 Å². The van der Waals surface area contributed by atoms with Gasteiger partial charge in [0.1, 0.15) is 10.8 Å². The summed E-state index contributed by atoms with van der Waals surface area (Å²) in [5, 5.41) is 0. The molecule has 1 atom stereocenters. The standard InChI is InChI=1S/C13H19N3S/c1-3-10-6-7-16(8-10)13-11(12(14)17)5-4-9(2)15-13/h4-5,10H,3,6-8H2,1-2H3,(H2,14,17). The van der Waals surface area contributed by atoms with E-state index in [-0.39, 0.29) is 0 Å². The van der Waals surface area contributed by atoms with Crippen molar-refractivity contribution in [1.82, 2.24) is 4.98 Å². The summed E-state index contributed by atoms with van der Waals surface area (Å²) in [4.78, 5) is 7.36. The predicted molar refractivity (Wildman–Crippen MR) is 75.5 cm³/mol. The number of thiocarbonyl (C=S) groups is 1. The van der Waals surface area contributed by atoms with Gasteiger partial charge in [0, 0.05) is 18.8 Å². The zero-order chi connectivity index (χ0) is 12.4. The average Bonchev–Trinajstić information content (AvgIpc) is 2.76. The van der Waals surface area contributed by atoms with Crippen molar-refractivity contribution in [2.75, 3.05) is 18.0 Å². The van der Waals surface area contributed by atoms with Gasteiger partial charge in [0.15, 0.2) is 0 Å². The Bertz CT molecular complexity index is 431. The Kier molecular flexibility index (Phi) is 3.62. The Hall–Kier alpha value is -1.16. The minimum atomic E-state index is 0.437. The maximum absolute atomic E-state index is 5.76. The monoisotopic (exact) mass is 249 g/mol. The van der Waals surface area contributed by atoms with Crippen LogP contribution >= 0.6 is 12.2 Å². The van der Waals surface area contributed by atoms with Gasteiger partial charge in [-0.1, -0.05) is 25.6 Å². The fourth-order valence-electron chi connectivity index (χ4n) is 2.33. The van der Waals surface area contributed by atoms with E-state index < -0.39 is 0 Å². The van der Waals surface area contributed by atoms with Crippen LogP contribution in [0.25, 0.3) is 0 Å². The van der Waals surface area contributed by atoms with Crippen LogP contribution in [0.3, 0.4) is 0 Å². The normalized spacial score (nSPS) is 19.6. The van der Waals surface area contributed by atoms with Gasteiger partial charge < -0.3 is 10.6 Å². The molecular formula is C13H19N3S. The van der Waals surface area contributed by atoms with Gasteiger partial charge in [-0.05, 0) is 31.4 Å². The maximum Gasteiger partial charge on any atom is 0.139 e. The van der Waals surface area contributed by atoms with Crippen LogP contribution in [0.1, 0.15) is 31.0 Å². The average molecular weight is 249 g/mol. The van der Waals surface area contributed by atoms with Crippen molar-refractivity contribution in [2.45, 2.75) is 26.7 Å². The summed E-state index contributed by atoms with van der Waals surface area (Å²) in [6.45, 7) is 6.37. The maximum atomic E-state index is 5.76. The molecule has 2 heterocycles. The molecule has 1 aromatic heterocycles. The van der Waals surface area contributed by atoms with E-state index >= 15 is 0 Å². The van der Waals surface area contributed by atoms with Crippen LogP contribution in [0.4, 0.5) is 5.82 Å². The minimum Gasteiger partial charge on any atom is -0.389 e. The molecule has 1 unspecified atom stereocenters. The second-order valence-corrected chi connectivity index (χ2v) is 5.14. The molecule has 0 aromatic carbocycles. The Labute approximate surface area is 108 Å². The van der Waals surface area contributed by atoms with Crippen LogP contribution < -0.4 is 10.6 Å². The second-order valence-electron chi connectivity index (χ2n) is 4.70. The van der Waals surface area contributed by atoms with Crippen molar-refractivity contribution in [2.24, 2.45) is 11.7 Å². The van der Waals surface area contributed by atoms with E-state index in [0.29, 0.717) is 4.99 Å². The number of nitrogens with zero attached hydrogens (tertiary/aromatic N) is 2. The zero-order valence-electron chi connectivity index (χ0n) is 10.4. The molecule has 1 saturated heterocycles. The molecular weight excluding hydrogens is 230 g/mol. The van der Waals surface area contributed by atoms with E-state index in [1.807, 2.05) is 19.1 Å². The van der Waals surface area contributed by atoms with Gasteiger partial charge in [-0.25, -0.2) is 4.98 Å². The van der Waals surface area contributed by atoms with E-state index in [9.17, 15) is 0 Å². The Balaban J connectivity index is 2.31. The largest absolute Gasteiger partial charge is 0.389 e. The van der Waals surface area contributed by atoms with Crippen LogP contribution in [0, 0.1) is 12.8 Å². The van der Waals surface area contributed by atoms with Crippen LogP contribution in [0.15, 0.2) is 12.1 Å². The third kappa shape index (κ3) is 2.57. The van der Waals surface area contributed by atoms with Gasteiger partial charge in [0.25, 0.3) is 0 Å². The summed E-state index contributed by atoms with van der Waals surface area (Å²) < 4.78 is 0. The summed E-state index contributed by atoms with van der Waals surface area (Å²) in [7, 11) is 0. The van der Waals surface area contributed by atoms with E-state index in [4.69, 9.17) is 18.0 Å². The number of anilines is 1. The molecule has 2 N–H and O–H groups in total. The fourth-order valence-corrected chi connectivity index (χ4v) is 2.49. The summed E-state index contributed by atoms with van der Waals surface area (Å²) in [6, 6.07) is 3.95. The van der Waals surface area contributed by atoms with Gasteiger partial charge in [-0.2, -0.15) is 0 Å². The molecule has 0 bridgehead atoms. The van der Waals surface area contributed by atoms with Gasteiger partial charge in [0.2, 0.25) is 0 Å². The smallest absolute Gasteiger partial charge is 0.139 e. The summed E-state index contributed by atoms with van der Waals surface area (Å²) >= 11 is 5.10. The minimum absolute atomic E-state index is 0.437. The molecule has 3 nitrogen and oxygen atoms in total. The first kappa shape index (κ1) is 12.3. The summed E-state index contributed by atoms with van der Waals surface area (Å²) in [5.74, 6) is 1.74. The highest BCUT2D eigenvalue weighted by atomic mass is 32.1. The number of rotatable bonds is 3. The number of nitrogens with two attached hydrogens (primary N) is 1. The number of pyridine rings is 1. The lowest BCUT2D eigenvalue weighted by molar-refractivity contribution is 0.568. The highest BCUT2D eigenvalue weighted by Gasteiger charge is 2.24. The zero-order valence-corrected chi connectivity index (χ0v) is 11.3. The molecule has 1 aliphatic heterocycles. The molecule has 0 radical (unpaired) electrons. The Morgan fingerprint density at radius 3 is 2.94 bits per heavy atom. The molecule has 1 aromatic rings. The van der Waals surface area contributed by atoms with E-state index in [2.05, 4.69) is 16.8 Å². The Morgan fingerprint density at radius 1 is 1.59 bits per heavy atom. The van der Waals surface area contributed by atoms with Crippen molar-refractivity contribution in [3.05, 3.63) is 23.4 Å². The molecule has 0 spiro atoms. The first-order valence-corrected chi connectivity index (χ1v) is 6.55. The second kappa shape index (κ2) is 5.00. The molecule has 1 aliphatic rings. The lowest BCUT2D eigenvalue weighted by Gasteiger charge is -2.20. The number of aromatic nitrogens is 1. The fraction of sp³-hybridized carbons (Fsp3) is 0.538. The lowest BCUT2D eigenvalue weighted by atomic mass is 10.1. The van der Waals surface area contributed by atoms with E-state index in [1.165, 1.54) is 12.8 Å². The van der Waals surface area contributed by atoms with Crippen molar-refractivity contribution < 1.29 is 0 Å². The molecule has 0 saturated carbocycles. The van der Waals surface area contributed by atoms with Crippen molar-refractivity contribution in [3.8, 4) is 0 Å². The SMILES string of the molecule is CCC1CCN(c2nc(C)ccc2C(N)=S)C1. The van der Waals surface area contributed by atoms with Crippen LogP contribution in [0.5, 0.6) is 0 Å². The summed E-state index contributed by atoms with van der Waals surface area (Å²) in [6.07, 6.45) is 2.47. The number of hydrogen-bond acceptors (Lipinski definition) is 3. The molecule has 4 heteroatoms.